The molecular formula is C21H26N2O2. The summed E-state index contributed by atoms with van der Waals surface area (Å²) in [6, 6.07) is 17.6. The average Bonchev–Trinajstić information content (AvgIpc) is 2.65. The van der Waals surface area contributed by atoms with Gasteiger partial charge >= 0.3 is 0 Å². The van der Waals surface area contributed by atoms with Crippen LogP contribution >= 0.6 is 0 Å². The van der Waals surface area contributed by atoms with E-state index >= 15 is 0 Å². The first-order chi connectivity index (χ1) is 12.1. The number of ether oxygens (including phenoxy) is 1. The lowest BCUT2D eigenvalue weighted by molar-refractivity contribution is -0.125. The number of likely N-dealkylation sites (N-methyl/N-ethyl adjacent to an activating group) is 1. The third kappa shape index (κ3) is 6.08. The summed E-state index contributed by atoms with van der Waals surface area (Å²) in [5, 5.41) is 2.99. The Labute approximate surface area is 150 Å². The number of hydrogen-bond donors (Lipinski definition) is 1. The fraction of sp³-hybridized carbons (Fsp3) is 0.286. The zero-order valence-corrected chi connectivity index (χ0v) is 14.9. The molecule has 0 aliphatic carbocycles. The zero-order chi connectivity index (χ0) is 18.1. The van der Waals surface area contributed by atoms with E-state index in [2.05, 4.69) is 11.9 Å². The van der Waals surface area contributed by atoms with E-state index in [1.165, 1.54) is 0 Å². The molecule has 0 saturated heterocycles. The van der Waals surface area contributed by atoms with Gasteiger partial charge in [-0.05, 0) is 37.2 Å². The van der Waals surface area contributed by atoms with Crippen molar-refractivity contribution in [2.45, 2.75) is 26.1 Å². The molecule has 2 aromatic rings. The Morgan fingerprint density at radius 1 is 1.16 bits per heavy atom. The molecule has 1 N–H and O–H groups in total. The van der Waals surface area contributed by atoms with Crippen LogP contribution in [-0.4, -0.2) is 30.5 Å². The molecule has 0 radical (unpaired) electrons. The standard InChI is InChI=1S/C21H26N2O2/c1-4-14-25-20-12-10-19(11-13-20)16-23(3)17(2)21(24)22-15-18-8-6-5-7-9-18/h4-13,17H,1,14-16H2,2-3H3,(H,22,24)/t17-/m1/s1. The summed E-state index contributed by atoms with van der Waals surface area (Å²) in [4.78, 5) is 14.4. The monoisotopic (exact) mass is 338 g/mol. The van der Waals surface area contributed by atoms with Gasteiger partial charge in [-0.2, -0.15) is 0 Å². The lowest BCUT2D eigenvalue weighted by atomic mass is 10.1. The van der Waals surface area contributed by atoms with Gasteiger partial charge in [0.1, 0.15) is 12.4 Å². The molecule has 25 heavy (non-hydrogen) atoms. The maximum absolute atomic E-state index is 12.3. The second-order valence-electron chi connectivity index (χ2n) is 6.04. The Hall–Kier alpha value is -2.59. The van der Waals surface area contributed by atoms with Gasteiger partial charge in [-0.1, -0.05) is 55.1 Å². The molecule has 0 fully saturated rings. The summed E-state index contributed by atoms with van der Waals surface area (Å²) >= 11 is 0. The van der Waals surface area contributed by atoms with Gasteiger partial charge in [0, 0.05) is 13.1 Å². The Morgan fingerprint density at radius 2 is 1.84 bits per heavy atom. The quantitative estimate of drug-likeness (QED) is 0.713. The molecule has 0 saturated carbocycles. The number of carbonyl (C=O) groups is 1. The van der Waals surface area contributed by atoms with Gasteiger partial charge in [0.25, 0.3) is 0 Å². The maximum atomic E-state index is 12.3. The van der Waals surface area contributed by atoms with Crippen molar-refractivity contribution in [2.75, 3.05) is 13.7 Å². The minimum absolute atomic E-state index is 0.0253. The number of nitrogens with zero attached hydrogens (tertiary/aromatic N) is 1. The summed E-state index contributed by atoms with van der Waals surface area (Å²) in [6.45, 7) is 7.29. The van der Waals surface area contributed by atoms with E-state index in [0.717, 1.165) is 16.9 Å². The Bertz CT molecular complexity index is 668. The van der Waals surface area contributed by atoms with Crippen LogP contribution in [0, 0.1) is 0 Å². The van der Waals surface area contributed by atoms with Crippen LogP contribution in [0.15, 0.2) is 67.3 Å². The predicted octanol–water partition coefficient (Wildman–Crippen LogP) is 3.39. The Morgan fingerprint density at radius 3 is 2.48 bits per heavy atom. The van der Waals surface area contributed by atoms with E-state index in [4.69, 9.17) is 4.74 Å². The van der Waals surface area contributed by atoms with Crippen molar-refractivity contribution in [1.29, 1.82) is 0 Å². The molecule has 0 aliphatic heterocycles. The first kappa shape index (κ1) is 18.7. The van der Waals surface area contributed by atoms with Crippen molar-refractivity contribution < 1.29 is 9.53 Å². The van der Waals surface area contributed by atoms with Crippen molar-refractivity contribution in [3.05, 3.63) is 78.4 Å². The zero-order valence-electron chi connectivity index (χ0n) is 14.9. The fourth-order valence-electron chi connectivity index (χ4n) is 2.40. The third-order valence-electron chi connectivity index (χ3n) is 4.07. The van der Waals surface area contributed by atoms with Crippen LogP contribution in [0.5, 0.6) is 5.75 Å². The van der Waals surface area contributed by atoms with Gasteiger partial charge in [-0.3, -0.25) is 9.69 Å². The van der Waals surface area contributed by atoms with E-state index in [1.807, 2.05) is 73.5 Å². The van der Waals surface area contributed by atoms with Crippen LogP contribution in [-0.2, 0) is 17.9 Å². The molecule has 0 unspecified atom stereocenters. The SMILES string of the molecule is C=CCOc1ccc(CN(C)[C@H](C)C(=O)NCc2ccccc2)cc1. The van der Waals surface area contributed by atoms with Crippen molar-refractivity contribution in [3.8, 4) is 5.75 Å². The summed E-state index contributed by atoms with van der Waals surface area (Å²) in [5.74, 6) is 0.845. The van der Waals surface area contributed by atoms with Crippen LogP contribution in [0.2, 0.25) is 0 Å². The topological polar surface area (TPSA) is 41.6 Å². The van der Waals surface area contributed by atoms with Gasteiger partial charge in [0.15, 0.2) is 0 Å². The number of hydrogen-bond acceptors (Lipinski definition) is 3. The molecule has 0 heterocycles. The molecule has 0 aliphatic rings. The Balaban J connectivity index is 1.83. The number of amides is 1. The highest BCUT2D eigenvalue weighted by atomic mass is 16.5. The molecule has 0 aromatic heterocycles. The van der Waals surface area contributed by atoms with Crippen molar-refractivity contribution in [3.63, 3.8) is 0 Å². The second-order valence-corrected chi connectivity index (χ2v) is 6.04. The van der Waals surface area contributed by atoms with E-state index in [0.29, 0.717) is 19.7 Å². The molecule has 1 amide bonds. The molecule has 4 heteroatoms. The van der Waals surface area contributed by atoms with E-state index < -0.39 is 0 Å². The van der Waals surface area contributed by atoms with E-state index in [9.17, 15) is 4.79 Å². The smallest absolute Gasteiger partial charge is 0.237 e. The highest BCUT2D eigenvalue weighted by Gasteiger charge is 2.17. The molecule has 2 rings (SSSR count). The summed E-state index contributed by atoms with van der Waals surface area (Å²) in [6.07, 6.45) is 1.72. The number of rotatable bonds is 9. The van der Waals surface area contributed by atoms with E-state index in [-0.39, 0.29) is 11.9 Å². The average molecular weight is 338 g/mol. The van der Waals surface area contributed by atoms with E-state index in [1.54, 1.807) is 6.08 Å². The third-order valence-corrected chi connectivity index (χ3v) is 4.07. The molecule has 0 bridgehead atoms. The number of nitrogens with one attached hydrogen (secondary N) is 1. The van der Waals surface area contributed by atoms with Gasteiger partial charge in [-0.15, -0.1) is 0 Å². The molecular weight excluding hydrogens is 312 g/mol. The normalized spacial score (nSPS) is 11.8. The number of carbonyl (C=O) groups excluding carboxylic acids is 1. The molecule has 0 spiro atoms. The first-order valence-electron chi connectivity index (χ1n) is 8.44. The summed E-state index contributed by atoms with van der Waals surface area (Å²) < 4.78 is 5.48. The van der Waals surface area contributed by atoms with Crippen LogP contribution in [0.3, 0.4) is 0 Å². The summed E-state index contributed by atoms with van der Waals surface area (Å²) in [7, 11) is 1.95. The first-order valence-corrected chi connectivity index (χ1v) is 8.44. The van der Waals surface area contributed by atoms with Gasteiger partial charge in [0.2, 0.25) is 5.91 Å². The largest absolute Gasteiger partial charge is 0.490 e. The van der Waals surface area contributed by atoms with Crippen LogP contribution in [0.4, 0.5) is 0 Å². The van der Waals surface area contributed by atoms with Crippen molar-refractivity contribution in [1.82, 2.24) is 10.2 Å². The fourth-order valence-corrected chi connectivity index (χ4v) is 2.40. The van der Waals surface area contributed by atoms with Crippen LogP contribution < -0.4 is 10.1 Å². The second kappa shape index (κ2) is 9.64. The lowest BCUT2D eigenvalue weighted by Gasteiger charge is -2.24. The maximum Gasteiger partial charge on any atom is 0.237 e. The van der Waals surface area contributed by atoms with Gasteiger partial charge in [-0.25, -0.2) is 0 Å². The lowest BCUT2D eigenvalue weighted by Crippen LogP contribution is -2.42. The molecule has 4 nitrogen and oxygen atoms in total. The number of benzene rings is 2. The van der Waals surface area contributed by atoms with Crippen molar-refractivity contribution >= 4 is 5.91 Å². The minimum Gasteiger partial charge on any atom is -0.490 e. The highest BCUT2D eigenvalue weighted by Crippen LogP contribution is 2.14. The highest BCUT2D eigenvalue weighted by molar-refractivity contribution is 5.81. The van der Waals surface area contributed by atoms with Crippen LogP contribution in [0.25, 0.3) is 0 Å². The minimum atomic E-state index is -0.208. The summed E-state index contributed by atoms with van der Waals surface area (Å²) in [5.41, 5.74) is 2.23. The predicted molar refractivity (Wildman–Crippen MR) is 101 cm³/mol. The molecule has 1 atom stereocenters. The Kier molecular flexibility index (Phi) is 7.23. The van der Waals surface area contributed by atoms with Gasteiger partial charge < -0.3 is 10.1 Å². The van der Waals surface area contributed by atoms with Crippen LogP contribution in [0.1, 0.15) is 18.1 Å². The molecule has 132 valence electrons. The van der Waals surface area contributed by atoms with Gasteiger partial charge in [0.05, 0.1) is 6.04 Å². The van der Waals surface area contributed by atoms with Crippen molar-refractivity contribution in [2.24, 2.45) is 0 Å². The molecule has 2 aromatic carbocycles.